The van der Waals surface area contributed by atoms with Crippen molar-refractivity contribution in [3.63, 3.8) is 0 Å². The van der Waals surface area contributed by atoms with E-state index >= 15 is 0 Å². The Hall–Kier alpha value is -2.35. The molecule has 1 aromatic heterocycles. The van der Waals surface area contributed by atoms with Gasteiger partial charge in [0, 0.05) is 12.7 Å². The molecule has 1 aliphatic rings. The highest BCUT2D eigenvalue weighted by Gasteiger charge is 2.27. The zero-order valence-electron chi connectivity index (χ0n) is 12.4. The third-order valence-corrected chi connectivity index (χ3v) is 3.73. The summed E-state index contributed by atoms with van der Waals surface area (Å²) in [6.07, 6.45) is -1.71. The van der Waals surface area contributed by atoms with Crippen molar-refractivity contribution >= 4 is 5.91 Å². The van der Waals surface area contributed by atoms with Crippen molar-refractivity contribution in [2.75, 3.05) is 7.11 Å². The number of carbonyl (C=O) groups is 1. The number of ether oxygens (including phenoxy) is 1. The number of fused-ring (bicyclic) bond motifs is 1. The Morgan fingerprint density at radius 1 is 1.52 bits per heavy atom. The van der Waals surface area contributed by atoms with Crippen LogP contribution in [0.5, 0.6) is 0 Å². The number of benzene rings is 1. The second-order valence-corrected chi connectivity index (χ2v) is 5.26. The Balaban J connectivity index is 1.79. The molecule has 1 amide bonds. The Bertz CT molecular complexity index is 718. The van der Waals surface area contributed by atoms with Gasteiger partial charge in [0.15, 0.2) is 0 Å². The summed E-state index contributed by atoms with van der Waals surface area (Å²) in [7, 11) is 1.53. The maximum Gasteiger partial charge on any atom is 0.315 e. The van der Waals surface area contributed by atoms with Crippen LogP contribution in [-0.4, -0.2) is 29.6 Å². The number of rotatable bonds is 5. The van der Waals surface area contributed by atoms with E-state index in [-0.39, 0.29) is 12.6 Å². The zero-order chi connectivity index (χ0) is 16.4. The number of alkyl halides is 2. The van der Waals surface area contributed by atoms with E-state index < -0.39 is 12.3 Å². The van der Waals surface area contributed by atoms with Crippen LogP contribution in [0.3, 0.4) is 0 Å². The number of methoxy groups -OCH3 is 1. The molecule has 8 heteroatoms. The van der Waals surface area contributed by atoms with Gasteiger partial charge in [0.2, 0.25) is 5.82 Å². The average molecular weight is 323 g/mol. The van der Waals surface area contributed by atoms with Gasteiger partial charge < -0.3 is 14.6 Å². The maximum absolute atomic E-state index is 12.4. The van der Waals surface area contributed by atoms with Crippen LogP contribution in [0.2, 0.25) is 0 Å². The molecule has 1 N–H and O–H groups in total. The molecule has 0 spiro atoms. The van der Waals surface area contributed by atoms with E-state index in [9.17, 15) is 13.6 Å². The lowest BCUT2D eigenvalue weighted by atomic mass is 10.0. The quantitative estimate of drug-likeness (QED) is 0.913. The number of hydrogen-bond donors (Lipinski definition) is 1. The molecule has 3 rings (SSSR count). The van der Waals surface area contributed by atoms with Gasteiger partial charge in [-0.15, -0.1) is 0 Å². The fourth-order valence-corrected chi connectivity index (χ4v) is 2.70. The van der Waals surface area contributed by atoms with E-state index in [0.29, 0.717) is 24.6 Å². The molecule has 6 nitrogen and oxygen atoms in total. The number of hydrogen-bond acceptors (Lipinski definition) is 5. The second kappa shape index (κ2) is 6.41. The van der Waals surface area contributed by atoms with Crippen molar-refractivity contribution < 1.29 is 22.8 Å². The van der Waals surface area contributed by atoms with Crippen molar-refractivity contribution in [3.05, 3.63) is 35.2 Å². The summed E-state index contributed by atoms with van der Waals surface area (Å²) in [4.78, 5) is 15.4. The van der Waals surface area contributed by atoms with Crippen LogP contribution in [0.1, 0.15) is 29.5 Å². The minimum absolute atomic E-state index is 0.236. The molecule has 1 heterocycles. The highest BCUT2D eigenvalue weighted by Crippen LogP contribution is 2.33. The molecule has 122 valence electrons. The summed E-state index contributed by atoms with van der Waals surface area (Å²) in [5.74, 6) is -0.417. The van der Waals surface area contributed by atoms with Gasteiger partial charge in [-0.3, -0.25) is 4.79 Å². The highest BCUT2D eigenvalue weighted by molar-refractivity contribution is 5.79. The Morgan fingerprint density at radius 3 is 3.09 bits per heavy atom. The van der Waals surface area contributed by atoms with Gasteiger partial charge in [-0.1, -0.05) is 17.3 Å². The van der Waals surface area contributed by atoms with Crippen LogP contribution in [0.15, 0.2) is 22.7 Å². The summed E-state index contributed by atoms with van der Waals surface area (Å²) >= 11 is 0. The topological polar surface area (TPSA) is 77.2 Å². The molecule has 0 aliphatic heterocycles. The molecule has 2 aromatic rings. The first kappa shape index (κ1) is 15.5. The molecular weight excluding hydrogens is 308 g/mol. The number of nitrogens with one attached hydrogen (secondary N) is 1. The molecule has 0 fully saturated rings. The van der Waals surface area contributed by atoms with E-state index in [2.05, 4.69) is 15.5 Å². The van der Waals surface area contributed by atoms with Gasteiger partial charge in [0.25, 0.3) is 11.8 Å². The molecule has 0 saturated carbocycles. The van der Waals surface area contributed by atoms with E-state index in [0.717, 1.165) is 16.7 Å². The Labute approximate surface area is 130 Å². The highest BCUT2D eigenvalue weighted by atomic mass is 19.3. The normalized spacial score (nSPS) is 16.6. The summed E-state index contributed by atoms with van der Waals surface area (Å²) in [5, 5.41) is 6.25. The molecule has 0 radical (unpaired) electrons. The third kappa shape index (κ3) is 3.21. The molecule has 0 saturated heterocycles. The first-order chi connectivity index (χ1) is 11.1. The van der Waals surface area contributed by atoms with Crippen molar-refractivity contribution in [1.29, 1.82) is 0 Å². The van der Waals surface area contributed by atoms with Crippen LogP contribution in [0.4, 0.5) is 8.78 Å². The minimum atomic E-state index is -3.00. The predicted octanol–water partition coefficient (Wildman–Crippen LogP) is 2.25. The van der Waals surface area contributed by atoms with Gasteiger partial charge in [0.1, 0.15) is 6.61 Å². The molecular formula is C15H15F2N3O3. The van der Waals surface area contributed by atoms with Crippen LogP contribution in [0, 0.1) is 0 Å². The van der Waals surface area contributed by atoms with Gasteiger partial charge in [-0.05, 0) is 30.0 Å². The second-order valence-electron chi connectivity index (χ2n) is 5.26. The van der Waals surface area contributed by atoms with Gasteiger partial charge in [-0.25, -0.2) is 0 Å². The Morgan fingerprint density at radius 2 is 2.35 bits per heavy atom. The lowest BCUT2D eigenvalue weighted by Gasteiger charge is -2.13. The summed E-state index contributed by atoms with van der Waals surface area (Å²) in [6, 6.07) is 5.11. The van der Waals surface area contributed by atoms with Gasteiger partial charge in [0.05, 0.1) is 6.04 Å². The van der Waals surface area contributed by atoms with E-state index in [4.69, 9.17) is 9.26 Å². The largest absolute Gasteiger partial charge is 0.375 e. The SMILES string of the molecule is COCc1nc(-c2ccc3c(c2)CC[C@H]3NC(=O)C(F)F)no1. The standard InChI is InChI=1S/C15H15F2N3O3/c1-22-7-12-19-14(20-23-12)9-2-4-10-8(6-9)3-5-11(10)18-15(21)13(16)17/h2,4,6,11,13H,3,5,7H2,1H3,(H,18,21)/t11-/m1/s1. The van der Waals surface area contributed by atoms with Crippen molar-refractivity contribution in [2.45, 2.75) is 31.9 Å². The van der Waals surface area contributed by atoms with Crippen molar-refractivity contribution in [2.24, 2.45) is 0 Å². The van der Waals surface area contributed by atoms with Crippen molar-refractivity contribution in [1.82, 2.24) is 15.5 Å². The lowest BCUT2D eigenvalue weighted by molar-refractivity contribution is -0.132. The first-order valence-electron chi connectivity index (χ1n) is 7.11. The number of aryl methyl sites for hydroxylation is 1. The van der Waals surface area contributed by atoms with E-state index in [1.807, 2.05) is 6.07 Å². The monoisotopic (exact) mass is 323 g/mol. The van der Waals surface area contributed by atoms with E-state index in [1.165, 1.54) is 7.11 Å². The minimum Gasteiger partial charge on any atom is -0.375 e. The average Bonchev–Trinajstić information content (AvgIpc) is 3.14. The summed E-state index contributed by atoms with van der Waals surface area (Å²) in [6.45, 7) is 0.236. The van der Waals surface area contributed by atoms with Crippen LogP contribution >= 0.6 is 0 Å². The number of aromatic nitrogens is 2. The summed E-state index contributed by atoms with van der Waals surface area (Å²) in [5.41, 5.74) is 2.61. The number of nitrogens with zero attached hydrogens (tertiary/aromatic N) is 2. The maximum atomic E-state index is 12.4. The van der Waals surface area contributed by atoms with Gasteiger partial charge >= 0.3 is 6.43 Å². The van der Waals surface area contributed by atoms with Crippen molar-refractivity contribution in [3.8, 4) is 11.4 Å². The smallest absolute Gasteiger partial charge is 0.315 e. The zero-order valence-corrected chi connectivity index (χ0v) is 12.4. The fourth-order valence-electron chi connectivity index (χ4n) is 2.70. The van der Waals surface area contributed by atoms with Crippen LogP contribution < -0.4 is 5.32 Å². The fraction of sp³-hybridized carbons (Fsp3) is 0.400. The molecule has 1 aromatic carbocycles. The summed E-state index contributed by atoms with van der Waals surface area (Å²) < 4.78 is 34.7. The molecule has 1 aliphatic carbocycles. The lowest BCUT2D eigenvalue weighted by Crippen LogP contribution is -2.32. The number of carbonyl (C=O) groups excluding carboxylic acids is 1. The molecule has 0 unspecified atom stereocenters. The predicted molar refractivity (Wildman–Crippen MR) is 75.7 cm³/mol. The number of halogens is 2. The van der Waals surface area contributed by atoms with Crippen LogP contribution in [-0.2, 0) is 22.6 Å². The Kier molecular flexibility index (Phi) is 4.33. The van der Waals surface area contributed by atoms with Crippen LogP contribution in [0.25, 0.3) is 11.4 Å². The molecule has 23 heavy (non-hydrogen) atoms. The van der Waals surface area contributed by atoms with Gasteiger partial charge in [-0.2, -0.15) is 13.8 Å². The number of amides is 1. The molecule has 0 bridgehead atoms. The molecule has 1 atom stereocenters. The van der Waals surface area contributed by atoms with E-state index in [1.54, 1.807) is 12.1 Å². The first-order valence-corrected chi connectivity index (χ1v) is 7.11. The third-order valence-electron chi connectivity index (χ3n) is 3.73.